The van der Waals surface area contributed by atoms with Gasteiger partial charge in [-0.25, -0.2) is 9.78 Å². The molecule has 9 heteroatoms. The number of ether oxygens (including phenoxy) is 1. The third kappa shape index (κ3) is 3.30. The van der Waals surface area contributed by atoms with Crippen molar-refractivity contribution in [1.82, 2.24) is 19.8 Å². The van der Waals surface area contributed by atoms with Crippen molar-refractivity contribution in [3.63, 3.8) is 0 Å². The number of furan rings is 1. The molecule has 0 saturated carbocycles. The van der Waals surface area contributed by atoms with Gasteiger partial charge in [0.2, 0.25) is 0 Å². The molecule has 158 valence electrons. The average molecular weight is 436 g/mol. The Morgan fingerprint density at radius 1 is 1.26 bits per heavy atom. The van der Waals surface area contributed by atoms with Crippen LogP contribution in [0.5, 0.6) is 10.9 Å². The molecule has 0 unspecified atom stereocenters. The van der Waals surface area contributed by atoms with Crippen LogP contribution in [0.3, 0.4) is 0 Å². The summed E-state index contributed by atoms with van der Waals surface area (Å²) in [5, 5.41) is 1.63. The van der Waals surface area contributed by atoms with Gasteiger partial charge in [0.1, 0.15) is 11.3 Å². The second kappa shape index (κ2) is 7.21. The first-order valence-electron chi connectivity index (χ1n) is 10.3. The number of amides is 2. The van der Waals surface area contributed by atoms with Crippen molar-refractivity contribution in [2.24, 2.45) is 5.73 Å². The molecule has 1 aromatic carbocycles. The number of aromatic nitrogens is 2. The maximum Gasteiger partial charge on any atom is 0.315 e. The van der Waals surface area contributed by atoms with Gasteiger partial charge in [0.15, 0.2) is 5.65 Å². The highest BCUT2D eigenvalue weighted by Gasteiger charge is 2.40. The topological polar surface area (TPSA) is 97.7 Å². The molecule has 8 nitrogen and oxygen atoms in total. The van der Waals surface area contributed by atoms with Gasteiger partial charge < -0.3 is 19.8 Å². The Bertz CT molecular complexity index is 1250. The molecule has 3 fully saturated rings. The van der Waals surface area contributed by atoms with Gasteiger partial charge in [0, 0.05) is 54.9 Å². The molecule has 3 saturated heterocycles. The summed E-state index contributed by atoms with van der Waals surface area (Å²) in [4.78, 5) is 24.6. The highest BCUT2D eigenvalue weighted by atomic mass is 32.1. The molecule has 2 bridgehead atoms. The van der Waals surface area contributed by atoms with Gasteiger partial charge in [-0.15, -0.1) is 0 Å². The Morgan fingerprint density at radius 2 is 2.16 bits per heavy atom. The summed E-state index contributed by atoms with van der Waals surface area (Å²) >= 11 is 1.47. The number of piperazine rings is 1. The fourth-order valence-electron chi connectivity index (χ4n) is 4.74. The summed E-state index contributed by atoms with van der Waals surface area (Å²) in [7, 11) is 0. The van der Waals surface area contributed by atoms with Crippen LogP contribution in [0.15, 0.2) is 47.2 Å². The van der Waals surface area contributed by atoms with Crippen LogP contribution < -0.4 is 10.5 Å². The molecule has 2 atom stereocenters. The zero-order valence-corrected chi connectivity index (χ0v) is 17.5. The molecule has 6 heterocycles. The van der Waals surface area contributed by atoms with Crippen LogP contribution in [-0.4, -0.2) is 51.0 Å². The maximum absolute atomic E-state index is 11.7. The number of pyridine rings is 1. The lowest BCUT2D eigenvalue weighted by molar-refractivity contribution is -0.000881. The smallest absolute Gasteiger partial charge is 0.315 e. The van der Waals surface area contributed by atoms with E-state index in [2.05, 4.69) is 14.9 Å². The van der Waals surface area contributed by atoms with Crippen molar-refractivity contribution < 1.29 is 13.9 Å². The first kappa shape index (κ1) is 18.6. The fraction of sp³-hybridized carbons (Fsp3) is 0.318. The van der Waals surface area contributed by atoms with Crippen LogP contribution in [0.25, 0.3) is 21.3 Å². The van der Waals surface area contributed by atoms with E-state index in [0.29, 0.717) is 29.2 Å². The zero-order valence-electron chi connectivity index (χ0n) is 16.7. The van der Waals surface area contributed by atoms with Crippen LogP contribution in [0.2, 0.25) is 0 Å². The molecule has 0 radical (unpaired) electrons. The minimum absolute atomic E-state index is 0.212. The second-order valence-corrected chi connectivity index (χ2v) is 9.12. The molecule has 3 aliphatic heterocycles. The number of rotatable bonds is 4. The van der Waals surface area contributed by atoms with Gasteiger partial charge in [-0.05, 0) is 37.1 Å². The van der Waals surface area contributed by atoms with Gasteiger partial charge in [-0.3, -0.25) is 4.90 Å². The maximum atomic E-state index is 11.7. The van der Waals surface area contributed by atoms with Gasteiger partial charge in [0.25, 0.3) is 5.19 Å². The van der Waals surface area contributed by atoms with Crippen molar-refractivity contribution in [2.45, 2.75) is 31.5 Å². The number of urea groups is 1. The Balaban J connectivity index is 1.20. The highest BCUT2D eigenvalue weighted by Crippen LogP contribution is 2.35. The number of fused-ring (bicyclic) bond motifs is 5. The number of primary amides is 1. The summed E-state index contributed by atoms with van der Waals surface area (Å²) in [5.41, 5.74) is 8.15. The Labute approximate surface area is 182 Å². The molecular formula is C22H21N5O3S. The van der Waals surface area contributed by atoms with Gasteiger partial charge in [0.05, 0.1) is 11.0 Å². The molecule has 0 aliphatic carbocycles. The van der Waals surface area contributed by atoms with E-state index in [0.717, 1.165) is 47.2 Å². The summed E-state index contributed by atoms with van der Waals surface area (Å²) in [6.07, 6.45) is 5.67. The van der Waals surface area contributed by atoms with E-state index in [-0.39, 0.29) is 12.1 Å². The first-order valence-corrected chi connectivity index (χ1v) is 11.2. The SMILES string of the molecule is NC(=O)N1C[C@H]2CC[C@@H]1CN2Cc1coc2cc(Oc3nc4ncccc4s3)ccc12. The number of carbonyl (C=O) groups is 1. The Hall–Kier alpha value is -3.17. The van der Waals surface area contributed by atoms with Crippen LogP contribution in [0.1, 0.15) is 18.4 Å². The second-order valence-electron chi connectivity index (χ2n) is 8.13. The standard InChI is InChI=1S/C22H21N5O3S/c23-21(28)27-11-14-3-4-15(27)10-26(14)9-13-12-29-18-8-16(5-6-17(13)18)30-22-25-20-19(31-22)2-1-7-24-20/h1-2,5-8,12,14-15H,3-4,9-11H2,(H2,23,28)/t14-,15-/m1/s1. The Kier molecular flexibility index (Phi) is 4.32. The van der Waals surface area contributed by atoms with E-state index in [1.165, 1.54) is 11.3 Å². The van der Waals surface area contributed by atoms with Crippen molar-refractivity contribution in [3.8, 4) is 10.9 Å². The summed E-state index contributed by atoms with van der Waals surface area (Å²) in [6.45, 7) is 2.36. The van der Waals surface area contributed by atoms with Gasteiger partial charge in [-0.2, -0.15) is 4.98 Å². The number of piperidine rings is 2. The van der Waals surface area contributed by atoms with Crippen molar-refractivity contribution in [2.75, 3.05) is 13.1 Å². The van der Waals surface area contributed by atoms with E-state index >= 15 is 0 Å². The van der Waals surface area contributed by atoms with Crippen LogP contribution in [0, 0.1) is 0 Å². The molecule has 31 heavy (non-hydrogen) atoms. The normalized spacial score (nSPS) is 21.2. The number of carbonyl (C=O) groups excluding carboxylic acids is 1. The lowest BCUT2D eigenvalue weighted by Crippen LogP contribution is -2.64. The molecule has 4 aromatic rings. The number of thiazole rings is 1. The number of hydrogen-bond donors (Lipinski definition) is 1. The summed E-state index contributed by atoms with van der Waals surface area (Å²) < 4.78 is 12.8. The minimum atomic E-state index is -0.306. The molecule has 3 aliphatic rings. The molecule has 2 amide bonds. The number of nitrogens with two attached hydrogens (primary N) is 1. The first-order chi connectivity index (χ1) is 15.1. The van der Waals surface area contributed by atoms with Crippen LogP contribution in [-0.2, 0) is 6.54 Å². The molecule has 0 spiro atoms. The molecule has 3 aromatic heterocycles. The molecule has 7 rings (SSSR count). The number of nitrogens with zero attached hydrogens (tertiary/aromatic N) is 4. The molecular weight excluding hydrogens is 414 g/mol. The number of hydrogen-bond acceptors (Lipinski definition) is 7. The van der Waals surface area contributed by atoms with Gasteiger partial charge >= 0.3 is 6.03 Å². The van der Waals surface area contributed by atoms with Crippen molar-refractivity contribution in [3.05, 3.63) is 48.4 Å². The predicted octanol–water partition coefficient (Wildman–Crippen LogP) is 3.96. The van der Waals surface area contributed by atoms with E-state index < -0.39 is 0 Å². The average Bonchev–Trinajstić information content (AvgIpc) is 3.37. The largest absolute Gasteiger partial charge is 0.464 e. The van der Waals surface area contributed by atoms with E-state index in [4.69, 9.17) is 14.9 Å². The van der Waals surface area contributed by atoms with E-state index in [1.807, 2.05) is 41.5 Å². The van der Waals surface area contributed by atoms with Crippen LogP contribution in [0.4, 0.5) is 4.79 Å². The van der Waals surface area contributed by atoms with E-state index in [1.54, 1.807) is 6.20 Å². The zero-order chi connectivity index (χ0) is 20.9. The lowest BCUT2D eigenvalue weighted by atomic mass is 9.90. The predicted molar refractivity (Wildman–Crippen MR) is 117 cm³/mol. The van der Waals surface area contributed by atoms with E-state index in [9.17, 15) is 4.79 Å². The lowest BCUT2D eigenvalue weighted by Gasteiger charge is -2.50. The monoisotopic (exact) mass is 435 g/mol. The summed E-state index contributed by atoms with van der Waals surface area (Å²) in [6, 6.07) is 9.99. The quantitative estimate of drug-likeness (QED) is 0.521. The fourth-order valence-corrected chi connectivity index (χ4v) is 5.54. The van der Waals surface area contributed by atoms with Crippen molar-refractivity contribution in [1.29, 1.82) is 0 Å². The third-order valence-corrected chi connectivity index (χ3v) is 7.16. The van der Waals surface area contributed by atoms with Crippen molar-refractivity contribution >= 4 is 38.7 Å². The Morgan fingerprint density at radius 3 is 2.97 bits per heavy atom. The van der Waals surface area contributed by atoms with Crippen LogP contribution >= 0.6 is 11.3 Å². The summed E-state index contributed by atoms with van der Waals surface area (Å²) in [5.74, 6) is 0.682. The molecule has 2 N–H and O–H groups in total. The number of benzene rings is 1. The minimum Gasteiger partial charge on any atom is -0.464 e. The highest BCUT2D eigenvalue weighted by molar-refractivity contribution is 7.20. The third-order valence-electron chi connectivity index (χ3n) is 6.28. The van der Waals surface area contributed by atoms with Gasteiger partial charge in [-0.1, -0.05) is 11.3 Å².